The Morgan fingerprint density at radius 1 is 1.54 bits per heavy atom. The van der Waals surface area contributed by atoms with Crippen LogP contribution in [0.3, 0.4) is 0 Å². The van der Waals surface area contributed by atoms with Crippen LogP contribution in [-0.2, 0) is 4.84 Å². The van der Waals surface area contributed by atoms with Crippen LogP contribution in [0.1, 0.15) is 25.8 Å². The second kappa shape index (κ2) is 7.90. The summed E-state index contributed by atoms with van der Waals surface area (Å²) in [6.07, 6.45) is 1.57. The summed E-state index contributed by atoms with van der Waals surface area (Å²) in [7, 11) is 0. The largest absolute Gasteiger partial charge is 0.390 e. The first-order valence-electron chi connectivity index (χ1n) is 7.75. The van der Waals surface area contributed by atoms with Gasteiger partial charge in [0.1, 0.15) is 11.6 Å². The maximum absolute atomic E-state index is 13.8. The van der Waals surface area contributed by atoms with Crippen molar-refractivity contribution in [1.82, 2.24) is 10.2 Å². The first-order valence-corrected chi connectivity index (χ1v) is 7.75. The number of nitrogens with zero attached hydrogens (tertiary/aromatic N) is 2. The van der Waals surface area contributed by atoms with Crippen LogP contribution in [0.15, 0.2) is 36.0 Å². The Balaban J connectivity index is 2.00. The minimum absolute atomic E-state index is 0.00873. The SMILES string of the molecule is C=CCN(C[C@@H]1CC(c2ccc(F)cc2F)=NO1)C(=O)NC(C)C. The van der Waals surface area contributed by atoms with E-state index in [-0.39, 0.29) is 23.7 Å². The van der Waals surface area contributed by atoms with Gasteiger partial charge in [-0.25, -0.2) is 13.6 Å². The smallest absolute Gasteiger partial charge is 0.318 e. The molecule has 2 rings (SSSR count). The summed E-state index contributed by atoms with van der Waals surface area (Å²) >= 11 is 0. The van der Waals surface area contributed by atoms with E-state index in [1.807, 2.05) is 13.8 Å². The molecule has 24 heavy (non-hydrogen) atoms. The number of oxime groups is 1. The topological polar surface area (TPSA) is 53.9 Å². The molecule has 0 bridgehead atoms. The highest BCUT2D eigenvalue weighted by molar-refractivity contribution is 6.01. The maximum atomic E-state index is 13.8. The molecule has 1 aliphatic rings. The normalized spacial score (nSPS) is 16.5. The van der Waals surface area contributed by atoms with Crippen LogP contribution in [-0.4, -0.2) is 41.9 Å². The molecule has 130 valence electrons. The number of amides is 2. The Kier molecular flexibility index (Phi) is 5.89. The molecule has 0 saturated carbocycles. The molecule has 1 aliphatic heterocycles. The van der Waals surface area contributed by atoms with Crippen molar-refractivity contribution in [2.24, 2.45) is 5.16 Å². The number of hydrogen-bond donors (Lipinski definition) is 1. The zero-order chi connectivity index (χ0) is 17.7. The van der Waals surface area contributed by atoms with E-state index in [2.05, 4.69) is 17.1 Å². The van der Waals surface area contributed by atoms with Crippen LogP contribution in [0.2, 0.25) is 0 Å². The van der Waals surface area contributed by atoms with E-state index in [1.54, 1.807) is 11.0 Å². The van der Waals surface area contributed by atoms with E-state index in [1.165, 1.54) is 12.1 Å². The fraction of sp³-hybridized carbons (Fsp3) is 0.412. The molecule has 1 aromatic rings. The monoisotopic (exact) mass is 337 g/mol. The van der Waals surface area contributed by atoms with Crippen molar-refractivity contribution in [3.05, 3.63) is 48.1 Å². The second-order valence-electron chi connectivity index (χ2n) is 5.89. The molecule has 7 heteroatoms. The van der Waals surface area contributed by atoms with E-state index in [9.17, 15) is 13.6 Å². The Morgan fingerprint density at radius 3 is 2.92 bits per heavy atom. The number of carbonyl (C=O) groups excluding carboxylic acids is 1. The van der Waals surface area contributed by atoms with Crippen LogP contribution >= 0.6 is 0 Å². The predicted octanol–water partition coefficient (Wildman–Crippen LogP) is 3.06. The molecular weight excluding hydrogens is 316 g/mol. The third kappa shape index (κ3) is 4.53. The predicted molar refractivity (Wildman–Crippen MR) is 87.8 cm³/mol. The van der Waals surface area contributed by atoms with Gasteiger partial charge in [0.15, 0.2) is 6.10 Å². The van der Waals surface area contributed by atoms with Gasteiger partial charge in [0.05, 0.1) is 12.3 Å². The quantitative estimate of drug-likeness (QED) is 0.811. The minimum Gasteiger partial charge on any atom is -0.390 e. The molecule has 1 heterocycles. The number of hydrogen-bond acceptors (Lipinski definition) is 3. The van der Waals surface area contributed by atoms with Crippen LogP contribution in [0.5, 0.6) is 0 Å². The van der Waals surface area contributed by atoms with Crippen molar-refractivity contribution in [2.75, 3.05) is 13.1 Å². The minimum atomic E-state index is -0.682. The van der Waals surface area contributed by atoms with Gasteiger partial charge < -0.3 is 15.1 Å². The van der Waals surface area contributed by atoms with Crippen LogP contribution < -0.4 is 5.32 Å². The standard InChI is InChI=1S/C17H21F2N3O2/c1-4-7-22(17(23)20-11(2)3)10-13-9-16(21-24-13)14-6-5-12(18)8-15(14)19/h4-6,8,11,13H,1,7,9-10H2,2-3H3,(H,20,23)/t13-/m0/s1. The highest BCUT2D eigenvalue weighted by Gasteiger charge is 2.27. The van der Waals surface area contributed by atoms with Gasteiger partial charge in [0, 0.05) is 30.6 Å². The van der Waals surface area contributed by atoms with E-state index >= 15 is 0 Å². The number of nitrogens with one attached hydrogen (secondary N) is 1. The molecule has 0 fully saturated rings. The fourth-order valence-corrected chi connectivity index (χ4v) is 2.39. The lowest BCUT2D eigenvalue weighted by Gasteiger charge is -2.24. The summed E-state index contributed by atoms with van der Waals surface area (Å²) in [4.78, 5) is 19.0. The third-order valence-electron chi connectivity index (χ3n) is 3.45. The molecule has 1 atom stereocenters. The van der Waals surface area contributed by atoms with Crippen LogP contribution in [0.25, 0.3) is 0 Å². The summed E-state index contributed by atoms with van der Waals surface area (Å²) in [5.41, 5.74) is 0.612. The lowest BCUT2D eigenvalue weighted by atomic mass is 10.0. The average Bonchev–Trinajstić information content (AvgIpc) is 2.94. The Hall–Kier alpha value is -2.44. The molecule has 2 amide bonds. The van der Waals surface area contributed by atoms with Gasteiger partial charge >= 0.3 is 6.03 Å². The van der Waals surface area contributed by atoms with Crippen molar-refractivity contribution in [1.29, 1.82) is 0 Å². The summed E-state index contributed by atoms with van der Waals surface area (Å²) in [5.74, 6) is -1.33. The highest BCUT2D eigenvalue weighted by atomic mass is 19.1. The van der Waals surface area contributed by atoms with Gasteiger partial charge in [-0.3, -0.25) is 0 Å². The lowest BCUT2D eigenvalue weighted by molar-refractivity contribution is 0.0626. The summed E-state index contributed by atoms with van der Waals surface area (Å²) < 4.78 is 26.8. The summed E-state index contributed by atoms with van der Waals surface area (Å²) in [6.45, 7) is 8.03. The third-order valence-corrected chi connectivity index (χ3v) is 3.45. The van der Waals surface area contributed by atoms with Crippen molar-refractivity contribution < 1.29 is 18.4 Å². The lowest BCUT2D eigenvalue weighted by Crippen LogP contribution is -2.46. The highest BCUT2D eigenvalue weighted by Crippen LogP contribution is 2.20. The van der Waals surface area contributed by atoms with Crippen molar-refractivity contribution in [3.8, 4) is 0 Å². The maximum Gasteiger partial charge on any atom is 0.318 e. The first kappa shape index (κ1) is 17.9. The first-order chi connectivity index (χ1) is 11.4. The number of carbonyl (C=O) groups is 1. The van der Waals surface area contributed by atoms with Crippen LogP contribution in [0, 0.1) is 11.6 Å². The molecule has 0 aromatic heterocycles. The van der Waals surface area contributed by atoms with E-state index < -0.39 is 11.6 Å². The molecule has 1 N–H and O–H groups in total. The molecule has 0 spiro atoms. The number of benzene rings is 1. The average molecular weight is 337 g/mol. The van der Waals surface area contributed by atoms with Gasteiger partial charge in [-0.15, -0.1) is 6.58 Å². The van der Waals surface area contributed by atoms with Crippen LogP contribution in [0.4, 0.5) is 13.6 Å². The number of rotatable bonds is 6. The molecule has 0 saturated heterocycles. The fourth-order valence-electron chi connectivity index (χ4n) is 2.39. The van der Waals surface area contributed by atoms with Crippen molar-refractivity contribution >= 4 is 11.7 Å². The molecule has 0 aliphatic carbocycles. The zero-order valence-corrected chi connectivity index (χ0v) is 13.8. The molecule has 0 radical (unpaired) electrons. The molecule has 5 nitrogen and oxygen atoms in total. The summed E-state index contributed by atoms with van der Waals surface area (Å²) in [6, 6.07) is 3.10. The van der Waals surface area contributed by atoms with Gasteiger partial charge in [0.2, 0.25) is 0 Å². The second-order valence-corrected chi connectivity index (χ2v) is 5.89. The Bertz CT molecular complexity index is 647. The number of urea groups is 1. The van der Waals surface area contributed by atoms with Crippen molar-refractivity contribution in [2.45, 2.75) is 32.4 Å². The van der Waals surface area contributed by atoms with Gasteiger partial charge in [-0.1, -0.05) is 11.2 Å². The van der Waals surface area contributed by atoms with Gasteiger partial charge in [-0.05, 0) is 26.0 Å². The molecule has 1 aromatic carbocycles. The zero-order valence-electron chi connectivity index (χ0n) is 13.8. The molecular formula is C17H21F2N3O2. The summed E-state index contributed by atoms with van der Waals surface area (Å²) in [5, 5.41) is 6.69. The Morgan fingerprint density at radius 2 is 2.29 bits per heavy atom. The molecule has 0 unspecified atom stereocenters. The van der Waals surface area contributed by atoms with Gasteiger partial charge in [0.25, 0.3) is 0 Å². The van der Waals surface area contributed by atoms with E-state index in [0.717, 1.165) is 6.07 Å². The Labute approximate surface area is 140 Å². The number of halogens is 2. The van der Waals surface area contributed by atoms with E-state index in [4.69, 9.17) is 4.84 Å². The van der Waals surface area contributed by atoms with Gasteiger partial charge in [-0.2, -0.15) is 0 Å². The van der Waals surface area contributed by atoms with Crippen molar-refractivity contribution in [3.63, 3.8) is 0 Å². The van der Waals surface area contributed by atoms with E-state index in [0.29, 0.717) is 25.2 Å².